The zero-order chi connectivity index (χ0) is 16.9. The zero-order valence-corrected chi connectivity index (χ0v) is 16.0. The van der Waals surface area contributed by atoms with Gasteiger partial charge in [0.1, 0.15) is 11.4 Å². The van der Waals surface area contributed by atoms with Crippen LogP contribution >= 0.6 is 7.26 Å². The van der Waals surface area contributed by atoms with E-state index in [2.05, 4.69) is 33.0 Å². The third-order valence-corrected chi connectivity index (χ3v) is 10.7. The molecular weight excluding hydrogens is 293 g/mol. The van der Waals surface area contributed by atoms with Gasteiger partial charge >= 0.3 is 0 Å². The lowest BCUT2D eigenvalue weighted by atomic mass is 10.1. The first kappa shape index (κ1) is 19.0. The molecule has 0 heterocycles. The lowest BCUT2D eigenvalue weighted by molar-refractivity contribution is -0.115. The number of ether oxygens (including phenoxy) is 1. The van der Waals surface area contributed by atoms with Crippen molar-refractivity contribution in [1.29, 1.82) is 0 Å². The first-order valence-electron chi connectivity index (χ1n) is 8.17. The monoisotopic (exact) mass is 324 g/mol. The van der Waals surface area contributed by atoms with Gasteiger partial charge in [-0.1, -0.05) is 0 Å². The Morgan fingerprint density at radius 3 is 1.95 bits per heavy atom. The summed E-state index contributed by atoms with van der Waals surface area (Å²) in [6, 6.07) is 3.93. The van der Waals surface area contributed by atoms with E-state index in [0.29, 0.717) is 0 Å². The second-order valence-corrected chi connectivity index (χ2v) is 11.1. The Bertz CT molecular complexity index is 493. The molecule has 0 aromatic heterocycles. The minimum Gasteiger partial charge on any atom is -0.497 e. The Hall–Kier alpha value is -1.08. The highest BCUT2D eigenvalue weighted by Gasteiger charge is 2.42. The molecule has 0 saturated carbocycles. The summed E-state index contributed by atoms with van der Waals surface area (Å²) >= 11 is 0. The van der Waals surface area contributed by atoms with Crippen LogP contribution in [0.5, 0.6) is 5.75 Å². The molecule has 4 heteroatoms. The van der Waals surface area contributed by atoms with Gasteiger partial charge in [0, 0.05) is 12.9 Å². The zero-order valence-electron chi connectivity index (χ0n) is 15.1. The van der Waals surface area contributed by atoms with Crippen LogP contribution in [0.25, 0.3) is 0 Å². The summed E-state index contributed by atoms with van der Waals surface area (Å²) in [7, 11) is 0.459. The molecule has 1 aromatic rings. The fourth-order valence-corrected chi connectivity index (χ4v) is 6.75. The lowest BCUT2D eigenvalue weighted by Crippen LogP contribution is -2.31. The summed E-state index contributed by atoms with van der Waals surface area (Å²) in [5.41, 5.74) is 3.13. The number of methoxy groups -OCH3 is 1. The molecule has 0 spiro atoms. The molecule has 1 rings (SSSR count). The summed E-state index contributed by atoms with van der Waals surface area (Å²) in [5, 5.41) is 3.17. The fraction of sp³-hybridized carbons (Fsp3) is 0.611. The highest BCUT2D eigenvalue weighted by molar-refractivity contribution is 7.77. The average molecular weight is 324 g/mol. The highest BCUT2D eigenvalue weighted by Crippen LogP contribution is 2.62. The van der Waals surface area contributed by atoms with Gasteiger partial charge in [0.2, 0.25) is 0 Å². The Morgan fingerprint density at radius 2 is 1.59 bits per heavy atom. The van der Waals surface area contributed by atoms with Crippen molar-refractivity contribution in [3.8, 4) is 5.75 Å². The molecule has 3 nitrogen and oxygen atoms in total. The number of hydrogen-bond donors (Lipinski definition) is 1. The summed E-state index contributed by atoms with van der Waals surface area (Å²) in [6.07, 6.45) is 3.40. The Morgan fingerprint density at radius 1 is 1.14 bits per heavy atom. The number of anilines is 1. The average Bonchev–Trinajstić information content (AvgIpc) is 2.52. The van der Waals surface area contributed by atoms with Crippen molar-refractivity contribution in [2.24, 2.45) is 0 Å². The highest BCUT2D eigenvalue weighted by atomic mass is 31.2. The Labute approximate surface area is 136 Å². The van der Waals surface area contributed by atoms with Crippen molar-refractivity contribution in [2.75, 3.05) is 30.9 Å². The third-order valence-electron chi connectivity index (χ3n) is 5.08. The van der Waals surface area contributed by atoms with E-state index < -0.39 is 7.26 Å². The number of carbonyl (C=O) groups excluding carboxylic acids is 1. The number of benzene rings is 1. The van der Waals surface area contributed by atoms with Gasteiger partial charge in [-0.05, 0) is 64.8 Å². The number of amides is 1. The van der Waals surface area contributed by atoms with Crippen LogP contribution in [0.3, 0.4) is 0 Å². The van der Waals surface area contributed by atoms with E-state index in [4.69, 9.17) is 4.74 Å². The summed E-state index contributed by atoms with van der Waals surface area (Å²) in [5.74, 6) is 0.994. The van der Waals surface area contributed by atoms with Crippen molar-refractivity contribution in [2.45, 2.75) is 47.2 Å². The maximum atomic E-state index is 12.8. The van der Waals surface area contributed by atoms with Crippen LogP contribution in [0.4, 0.5) is 5.69 Å². The van der Waals surface area contributed by atoms with E-state index in [1.165, 1.54) is 0 Å². The Kier molecular flexibility index (Phi) is 6.87. The van der Waals surface area contributed by atoms with Crippen LogP contribution in [0, 0.1) is 13.8 Å². The smallest absolute Gasteiger partial charge is 0.264 e. The minimum atomic E-state index is -1.21. The maximum absolute atomic E-state index is 12.8. The second kappa shape index (κ2) is 7.97. The van der Waals surface area contributed by atoms with Gasteiger partial charge in [-0.3, -0.25) is 4.79 Å². The van der Waals surface area contributed by atoms with E-state index in [1.54, 1.807) is 7.11 Å². The standard InChI is InChI=1S/C18H30NO2P/c1-8-22(9-2,10-3)15(6)18(20)19-17-13(4)11-16(21-7)12-14(17)5/h11-12,15H,8-10H2,1-7H3/p+1. The van der Waals surface area contributed by atoms with Gasteiger partial charge in [0.25, 0.3) is 5.91 Å². The Balaban J connectivity index is 3.02. The van der Waals surface area contributed by atoms with Crippen LogP contribution in [0.15, 0.2) is 12.1 Å². The number of nitrogens with one attached hydrogen (secondary N) is 1. The minimum absolute atomic E-state index is 0.105. The second-order valence-electron chi connectivity index (χ2n) is 5.97. The van der Waals surface area contributed by atoms with Gasteiger partial charge in [0.05, 0.1) is 25.6 Å². The van der Waals surface area contributed by atoms with Crippen LogP contribution < -0.4 is 10.1 Å². The third kappa shape index (κ3) is 3.81. The topological polar surface area (TPSA) is 38.3 Å². The van der Waals surface area contributed by atoms with E-state index in [-0.39, 0.29) is 11.6 Å². The van der Waals surface area contributed by atoms with E-state index in [9.17, 15) is 4.79 Å². The molecule has 0 aliphatic rings. The summed E-state index contributed by atoms with van der Waals surface area (Å²) in [4.78, 5) is 12.8. The quantitative estimate of drug-likeness (QED) is 0.737. The van der Waals surface area contributed by atoms with Crippen LogP contribution in [-0.4, -0.2) is 37.2 Å². The summed E-state index contributed by atoms with van der Waals surface area (Å²) in [6.45, 7) is 12.8. The molecule has 1 aromatic carbocycles. The van der Waals surface area contributed by atoms with E-state index in [0.717, 1.165) is 41.0 Å². The molecule has 1 N–H and O–H groups in total. The van der Waals surface area contributed by atoms with E-state index in [1.807, 2.05) is 26.0 Å². The first-order valence-corrected chi connectivity index (χ1v) is 10.6. The fourth-order valence-electron chi connectivity index (χ4n) is 3.21. The van der Waals surface area contributed by atoms with Crippen LogP contribution in [-0.2, 0) is 4.79 Å². The van der Waals surface area contributed by atoms with Crippen LogP contribution in [0.2, 0.25) is 0 Å². The van der Waals surface area contributed by atoms with Crippen LogP contribution in [0.1, 0.15) is 38.8 Å². The predicted molar refractivity (Wildman–Crippen MR) is 99.1 cm³/mol. The van der Waals surface area contributed by atoms with Crippen molar-refractivity contribution in [3.05, 3.63) is 23.3 Å². The van der Waals surface area contributed by atoms with Gasteiger partial charge in [-0.2, -0.15) is 0 Å². The van der Waals surface area contributed by atoms with Gasteiger partial charge in [0.15, 0.2) is 0 Å². The molecule has 0 saturated heterocycles. The largest absolute Gasteiger partial charge is 0.497 e. The number of rotatable bonds is 7. The molecule has 22 heavy (non-hydrogen) atoms. The molecule has 1 amide bonds. The molecule has 0 aliphatic heterocycles. The van der Waals surface area contributed by atoms with Gasteiger partial charge in [-0.15, -0.1) is 0 Å². The molecule has 0 fully saturated rings. The summed E-state index contributed by atoms with van der Waals surface area (Å²) < 4.78 is 5.28. The van der Waals surface area contributed by atoms with Crippen molar-refractivity contribution < 1.29 is 9.53 Å². The molecule has 0 radical (unpaired) electrons. The van der Waals surface area contributed by atoms with Crippen molar-refractivity contribution in [1.82, 2.24) is 0 Å². The van der Waals surface area contributed by atoms with E-state index >= 15 is 0 Å². The lowest BCUT2D eigenvalue weighted by Gasteiger charge is -2.29. The molecule has 1 atom stereocenters. The molecular formula is C18H31NO2P+. The number of hydrogen-bond acceptors (Lipinski definition) is 2. The predicted octanol–water partition coefficient (Wildman–Crippen LogP) is 4.72. The normalized spacial score (nSPS) is 12.9. The molecule has 1 unspecified atom stereocenters. The number of carbonyl (C=O) groups is 1. The van der Waals surface area contributed by atoms with Crippen molar-refractivity contribution >= 4 is 18.9 Å². The van der Waals surface area contributed by atoms with Gasteiger partial charge < -0.3 is 10.1 Å². The van der Waals surface area contributed by atoms with Crippen molar-refractivity contribution in [3.63, 3.8) is 0 Å². The SMILES string of the molecule is CC[P+](CC)(CC)C(C)C(=O)Nc1c(C)cc(OC)cc1C. The molecule has 124 valence electrons. The molecule has 0 aliphatic carbocycles. The molecule has 0 bridgehead atoms. The maximum Gasteiger partial charge on any atom is 0.264 e. The first-order chi connectivity index (χ1) is 10.3. The number of aryl methyl sites for hydroxylation is 2. The van der Waals surface area contributed by atoms with Gasteiger partial charge in [-0.25, -0.2) is 0 Å².